The molecule has 2 rings (SSSR count). The first-order chi connectivity index (χ1) is 9.79. The van der Waals surface area contributed by atoms with Crippen molar-refractivity contribution >= 4 is 21.6 Å². The molecule has 0 aliphatic heterocycles. The lowest BCUT2D eigenvalue weighted by Gasteiger charge is -2.14. The fourth-order valence-corrected chi connectivity index (χ4v) is 3.52. The third kappa shape index (κ3) is 3.81. The van der Waals surface area contributed by atoms with Gasteiger partial charge in [-0.05, 0) is 39.3 Å². The zero-order valence-corrected chi connectivity index (χ0v) is 13.5. The smallest absolute Gasteiger partial charge is 0.240 e. The minimum absolute atomic E-state index is 0.0908. The maximum atomic E-state index is 12.3. The molecule has 0 saturated heterocycles. The van der Waals surface area contributed by atoms with E-state index in [1.54, 1.807) is 13.8 Å². The fraction of sp³-hybridized carbons (Fsp3) is 0.385. The normalized spacial score (nSPS) is 13.3. The van der Waals surface area contributed by atoms with E-state index >= 15 is 0 Å². The van der Waals surface area contributed by atoms with Crippen LogP contribution in [0, 0.1) is 13.8 Å². The molecule has 0 aliphatic carbocycles. The first kappa shape index (κ1) is 15.9. The number of nitrogens with one attached hydrogen (secondary N) is 1. The first-order valence-corrected chi connectivity index (χ1v) is 8.21. The molecule has 6 nitrogen and oxygen atoms in total. The van der Waals surface area contributed by atoms with Crippen LogP contribution in [0.5, 0.6) is 0 Å². The molecule has 2 heterocycles. The van der Waals surface area contributed by atoms with Crippen LogP contribution in [0.3, 0.4) is 0 Å². The molecule has 0 spiro atoms. The molecule has 21 heavy (non-hydrogen) atoms. The van der Waals surface area contributed by atoms with Crippen molar-refractivity contribution in [3.8, 4) is 0 Å². The maximum absolute atomic E-state index is 12.3. The Morgan fingerprint density at radius 3 is 2.71 bits per heavy atom. The zero-order valence-electron chi connectivity index (χ0n) is 11.9. The topological polar surface area (TPSA) is 85.1 Å². The number of pyridine rings is 1. The van der Waals surface area contributed by atoms with Crippen LogP contribution in [-0.2, 0) is 16.4 Å². The molecule has 2 aromatic heterocycles. The van der Waals surface area contributed by atoms with Crippen LogP contribution < -0.4 is 4.72 Å². The summed E-state index contributed by atoms with van der Waals surface area (Å²) in [5, 5.41) is 3.99. The number of hydrogen-bond donors (Lipinski definition) is 1. The average molecular weight is 330 g/mol. The molecule has 8 heteroatoms. The van der Waals surface area contributed by atoms with Gasteiger partial charge in [0.15, 0.2) is 0 Å². The summed E-state index contributed by atoms with van der Waals surface area (Å²) in [5.41, 5.74) is 1.68. The van der Waals surface area contributed by atoms with Crippen LogP contribution >= 0.6 is 11.6 Å². The lowest BCUT2D eigenvalue weighted by molar-refractivity contribution is 0.392. The predicted octanol–water partition coefficient (Wildman–Crippen LogP) is 2.25. The van der Waals surface area contributed by atoms with E-state index in [0.717, 1.165) is 11.3 Å². The summed E-state index contributed by atoms with van der Waals surface area (Å²) in [6.07, 6.45) is 1.86. The standard InChI is InChI=1S/C13H16ClN3O3S/c1-8(6-12-9(2)16-20-10(12)3)17-21(18,19)11-4-5-15-13(14)7-11/h4-5,7-8,17H,6H2,1-3H3. The zero-order chi connectivity index (χ0) is 15.6. The Labute approximate surface area is 128 Å². The van der Waals surface area contributed by atoms with Crippen molar-refractivity contribution in [2.45, 2.75) is 38.1 Å². The Kier molecular flexibility index (Phi) is 4.65. The highest BCUT2D eigenvalue weighted by Crippen LogP contribution is 2.17. The summed E-state index contributed by atoms with van der Waals surface area (Å²) < 4.78 is 32.2. The molecular formula is C13H16ClN3O3S. The number of hydrogen-bond acceptors (Lipinski definition) is 5. The summed E-state index contributed by atoms with van der Waals surface area (Å²) in [7, 11) is -3.64. The Balaban J connectivity index is 2.13. The van der Waals surface area contributed by atoms with Gasteiger partial charge in [-0.15, -0.1) is 0 Å². The molecule has 0 bridgehead atoms. The van der Waals surface area contributed by atoms with Crippen LogP contribution in [0.1, 0.15) is 23.9 Å². The summed E-state index contributed by atoms with van der Waals surface area (Å²) >= 11 is 5.72. The van der Waals surface area contributed by atoms with Gasteiger partial charge in [-0.25, -0.2) is 18.1 Å². The van der Waals surface area contributed by atoms with E-state index in [-0.39, 0.29) is 16.1 Å². The van der Waals surface area contributed by atoms with Crippen LogP contribution in [0.25, 0.3) is 0 Å². The van der Waals surface area contributed by atoms with Gasteiger partial charge in [0.1, 0.15) is 10.9 Å². The van der Waals surface area contributed by atoms with Gasteiger partial charge >= 0.3 is 0 Å². The molecule has 1 N–H and O–H groups in total. The average Bonchev–Trinajstić information content (AvgIpc) is 2.70. The number of halogens is 1. The van der Waals surface area contributed by atoms with Crippen molar-refractivity contribution < 1.29 is 12.9 Å². The molecule has 1 unspecified atom stereocenters. The highest BCUT2D eigenvalue weighted by molar-refractivity contribution is 7.89. The molecule has 0 amide bonds. The molecule has 0 radical (unpaired) electrons. The third-order valence-electron chi connectivity index (χ3n) is 3.06. The summed E-state index contributed by atoms with van der Waals surface area (Å²) in [5.74, 6) is 0.700. The second-order valence-electron chi connectivity index (χ2n) is 4.84. The monoisotopic (exact) mass is 329 g/mol. The van der Waals surface area contributed by atoms with Gasteiger partial charge < -0.3 is 4.52 Å². The van der Waals surface area contributed by atoms with Crippen molar-refractivity contribution in [2.24, 2.45) is 0 Å². The van der Waals surface area contributed by atoms with Gasteiger partial charge in [0.2, 0.25) is 10.0 Å². The van der Waals surface area contributed by atoms with Crippen molar-refractivity contribution in [2.75, 3.05) is 0 Å². The van der Waals surface area contributed by atoms with E-state index in [2.05, 4.69) is 14.9 Å². The van der Waals surface area contributed by atoms with E-state index in [4.69, 9.17) is 16.1 Å². The van der Waals surface area contributed by atoms with Gasteiger partial charge in [-0.3, -0.25) is 0 Å². The highest BCUT2D eigenvalue weighted by Gasteiger charge is 2.20. The molecule has 0 aliphatic rings. The second-order valence-corrected chi connectivity index (χ2v) is 6.94. The summed E-state index contributed by atoms with van der Waals surface area (Å²) in [6.45, 7) is 5.42. The van der Waals surface area contributed by atoms with Crippen molar-refractivity contribution in [3.05, 3.63) is 40.5 Å². The lowest BCUT2D eigenvalue weighted by Crippen LogP contribution is -2.34. The third-order valence-corrected chi connectivity index (χ3v) is 4.85. The number of aryl methyl sites for hydroxylation is 2. The number of nitrogens with zero attached hydrogens (tertiary/aromatic N) is 2. The van der Waals surface area contributed by atoms with Crippen LogP contribution in [0.2, 0.25) is 5.15 Å². The Bertz CT molecular complexity index is 723. The van der Waals surface area contributed by atoms with Gasteiger partial charge in [-0.1, -0.05) is 16.8 Å². The number of sulfonamides is 1. The van der Waals surface area contributed by atoms with E-state index in [1.165, 1.54) is 18.3 Å². The van der Waals surface area contributed by atoms with Gasteiger partial charge in [-0.2, -0.15) is 0 Å². The Morgan fingerprint density at radius 1 is 1.43 bits per heavy atom. The fourth-order valence-electron chi connectivity index (χ4n) is 2.03. The van der Waals surface area contributed by atoms with Crippen molar-refractivity contribution in [3.63, 3.8) is 0 Å². The van der Waals surface area contributed by atoms with Crippen molar-refractivity contribution in [1.82, 2.24) is 14.9 Å². The molecular weight excluding hydrogens is 314 g/mol. The van der Waals surface area contributed by atoms with E-state index in [1.807, 2.05) is 6.92 Å². The summed E-state index contributed by atoms with van der Waals surface area (Å²) in [4.78, 5) is 3.86. The molecule has 114 valence electrons. The van der Waals surface area contributed by atoms with E-state index < -0.39 is 10.0 Å². The maximum Gasteiger partial charge on any atom is 0.240 e. The number of aromatic nitrogens is 2. The molecule has 1 atom stereocenters. The van der Waals surface area contributed by atoms with Crippen molar-refractivity contribution in [1.29, 1.82) is 0 Å². The summed E-state index contributed by atoms with van der Waals surface area (Å²) in [6, 6.07) is 2.40. The SMILES string of the molecule is Cc1noc(C)c1CC(C)NS(=O)(=O)c1ccnc(Cl)c1. The number of rotatable bonds is 5. The molecule has 0 fully saturated rings. The second kappa shape index (κ2) is 6.13. The largest absolute Gasteiger partial charge is 0.361 e. The van der Waals surface area contributed by atoms with Gasteiger partial charge in [0, 0.05) is 17.8 Å². The first-order valence-electron chi connectivity index (χ1n) is 6.35. The minimum atomic E-state index is -3.64. The Hall–Kier alpha value is -1.44. The van der Waals surface area contributed by atoms with Crippen LogP contribution in [-0.4, -0.2) is 24.6 Å². The predicted molar refractivity (Wildman–Crippen MR) is 78.7 cm³/mol. The molecule has 0 saturated carbocycles. The molecule has 0 aromatic carbocycles. The van der Waals surface area contributed by atoms with E-state index in [9.17, 15) is 8.42 Å². The van der Waals surface area contributed by atoms with Crippen LogP contribution in [0.4, 0.5) is 0 Å². The van der Waals surface area contributed by atoms with Gasteiger partial charge in [0.05, 0.1) is 10.6 Å². The van der Waals surface area contributed by atoms with E-state index in [0.29, 0.717) is 12.2 Å². The quantitative estimate of drug-likeness (QED) is 0.850. The lowest BCUT2D eigenvalue weighted by atomic mass is 10.1. The highest BCUT2D eigenvalue weighted by atomic mass is 35.5. The van der Waals surface area contributed by atoms with Crippen LogP contribution in [0.15, 0.2) is 27.7 Å². The van der Waals surface area contributed by atoms with Gasteiger partial charge in [0.25, 0.3) is 0 Å². The Morgan fingerprint density at radius 2 is 2.14 bits per heavy atom. The molecule has 2 aromatic rings. The minimum Gasteiger partial charge on any atom is -0.361 e.